The summed E-state index contributed by atoms with van der Waals surface area (Å²) >= 11 is 0. The fraction of sp³-hybridized carbons (Fsp3) is 0.280. The van der Waals surface area contributed by atoms with E-state index in [0.717, 1.165) is 49.5 Å². The van der Waals surface area contributed by atoms with E-state index in [2.05, 4.69) is 44.4 Å². The summed E-state index contributed by atoms with van der Waals surface area (Å²) in [5, 5.41) is 3.16. The first kappa shape index (κ1) is 20.3. The summed E-state index contributed by atoms with van der Waals surface area (Å²) in [6, 6.07) is 22.1. The highest BCUT2D eigenvalue weighted by atomic mass is 16.2. The van der Waals surface area contributed by atoms with Crippen LogP contribution in [-0.2, 0) is 11.3 Å². The third-order valence-electron chi connectivity index (χ3n) is 5.76. The first-order chi connectivity index (χ1) is 14.7. The zero-order chi connectivity index (χ0) is 20.8. The van der Waals surface area contributed by atoms with Crippen molar-refractivity contribution in [1.82, 2.24) is 14.8 Å². The molecule has 1 aliphatic rings. The number of piperazine rings is 1. The highest BCUT2D eigenvalue weighted by Crippen LogP contribution is 2.27. The average Bonchev–Trinajstić information content (AvgIpc) is 2.81. The Morgan fingerprint density at radius 2 is 1.60 bits per heavy atom. The van der Waals surface area contributed by atoms with Gasteiger partial charge in [0.05, 0.1) is 6.04 Å². The number of aromatic nitrogens is 1. The van der Waals surface area contributed by atoms with Gasteiger partial charge in [-0.25, -0.2) is 0 Å². The summed E-state index contributed by atoms with van der Waals surface area (Å²) in [5.74, 6) is 0.0426. The van der Waals surface area contributed by atoms with Crippen LogP contribution in [0.3, 0.4) is 0 Å². The fourth-order valence-electron chi connectivity index (χ4n) is 3.92. The summed E-state index contributed by atoms with van der Waals surface area (Å²) in [4.78, 5) is 21.8. The fourth-order valence-corrected chi connectivity index (χ4v) is 3.92. The molecule has 0 aliphatic carbocycles. The summed E-state index contributed by atoms with van der Waals surface area (Å²) in [6.45, 7) is 6.63. The summed E-state index contributed by atoms with van der Waals surface area (Å²) in [6.07, 6.45) is 3.68. The van der Waals surface area contributed by atoms with E-state index in [-0.39, 0.29) is 11.9 Å². The van der Waals surface area contributed by atoms with Crippen LogP contribution in [-0.4, -0.2) is 52.9 Å². The van der Waals surface area contributed by atoms with Crippen molar-refractivity contribution in [2.45, 2.75) is 19.5 Å². The molecule has 1 atom stereocenters. The van der Waals surface area contributed by atoms with E-state index in [1.54, 1.807) is 0 Å². The molecule has 1 saturated heterocycles. The standard InChI is InChI=1S/C25H28N4O/c1-20(29-17-15-28(16-18-29)19-21-11-13-26-14-12-21)25(30)27-24-10-6-5-9-23(24)22-7-3-2-4-8-22/h2-14,20H,15-19H2,1H3,(H,27,30). The van der Waals surface area contributed by atoms with Gasteiger partial charge < -0.3 is 5.32 Å². The van der Waals surface area contributed by atoms with Crippen molar-refractivity contribution in [3.8, 4) is 11.1 Å². The molecule has 0 saturated carbocycles. The molecule has 1 unspecified atom stereocenters. The molecule has 5 heteroatoms. The SMILES string of the molecule is CC(C(=O)Nc1ccccc1-c1ccccc1)N1CCN(Cc2ccncc2)CC1. The maximum absolute atomic E-state index is 13.0. The van der Waals surface area contributed by atoms with Crippen molar-refractivity contribution in [2.75, 3.05) is 31.5 Å². The van der Waals surface area contributed by atoms with Crippen LogP contribution < -0.4 is 5.32 Å². The normalized spacial score (nSPS) is 16.2. The van der Waals surface area contributed by atoms with E-state index >= 15 is 0 Å². The monoisotopic (exact) mass is 400 g/mol. The minimum absolute atomic E-state index is 0.0426. The van der Waals surface area contributed by atoms with Gasteiger partial charge in [0.25, 0.3) is 0 Å². The highest BCUT2D eigenvalue weighted by Gasteiger charge is 2.26. The Morgan fingerprint density at radius 1 is 0.933 bits per heavy atom. The Morgan fingerprint density at radius 3 is 2.33 bits per heavy atom. The predicted molar refractivity (Wildman–Crippen MR) is 121 cm³/mol. The molecule has 1 aromatic heterocycles. The van der Waals surface area contributed by atoms with Gasteiger partial charge in [-0.3, -0.25) is 19.6 Å². The number of amides is 1. The van der Waals surface area contributed by atoms with E-state index in [9.17, 15) is 4.79 Å². The zero-order valence-electron chi connectivity index (χ0n) is 17.4. The van der Waals surface area contributed by atoms with Crippen molar-refractivity contribution in [3.05, 3.63) is 84.7 Å². The number of hydrogen-bond donors (Lipinski definition) is 1. The number of nitrogens with zero attached hydrogens (tertiary/aromatic N) is 3. The summed E-state index contributed by atoms with van der Waals surface area (Å²) in [5.41, 5.74) is 4.28. The molecule has 1 amide bonds. The highest BCUT2D eigenvalue weighted by molar-refractivity contribution is 5.98. The van der Waals surface area contributed by atoms with Crippen LogP contribution >= 0.6 is 0 Å². The van der Waals surface area contributed by atoms with Crippen LogP contribution in [0.15, 0.2) is 79.1 Å². The maximum Gasteiger partial charge on any atom is 0.241 e. The maximum atomic E-state index is 13.0. The third kappa shape index (κ3) is 4.93. The molecule has 4 rings (SSSR count). The molecule has 1 aliphatic heterocycles. The molecule has 0 bridgehead atoms. The van der Waals surface area contributed by atoms with Crippen LogP contribution in [0.5, 0.6) is 0 Å². The van der Waals surface area contributed by atoms with E-state index in [4.69, 9.17) is 0 Å². The van der Waals surface area contributed by atoms with E-state index in [0.29, 0.717) is 0 Å². The van der Waals surface area contributed by atoms with Gasteiger partial charge >= 0.3 is 0 Å². The number of para-hydroxylation sites is 1. The minimum atomic E-state index is -0.170. The first-order valence-corrected chi connectivity index (χ1v) is 10.5. The number of benzene rings is 2. The first-order valence-electron chi connectivity index (χ1n) is 10.5. The summed E-state index contributed by atoms with van der Waals surface area (Å²) < 4.78 is 0. The molecule has 3 aromatic rings. The number of carbonyl (C=O) groups excluding carboxylic acids is 1. The molecule has 30 heavy (non-hydrogen) atoms. The van der Waals surface area contributed by atoms with Crippen molar-refractivity contribution in [2.24, 2.45) is 0 Å². The lowest BCUT2D eigenvalue weighted by Gasteiger charge is -2.37. The Bertz CT molecular complexity index is 953. The molecule has 1 N–H and O–H groups in total. The van der Waals surface area contributed by atoms with Gasteiger partial charge in [0.15, 0.2) is 0 Å². The zero-order valence-corrected chi connectivity index (χ0v) is 17.4. The molecular formula is C25H28N4O. The molecular weight excluding hydrogens is 372 g/mol. The number of carbonyl (C=O) groups is 1. The van der Waals surface area contributed by atoms with E-state index in [1.807, 2.05) is 61.8 Å². The average molecular weight is 401 g/mol. The predicted octanol–water partition coefficient (Wildman–Crippen LogP) is 3.89. The molecule has 0 radical (unpaired) electrons. The second kappa shape index (κ2) is 9.65. The van der Waals surface area contributed by atoms with Gasteiger partial charge in [0.2, 0.25) is 5.91 Å². The molecule has 2 heterocycles. The Labute approximate surface area is 178 Å². The lowest BCUT2D eigenvalue weighted by molar-refractivity contribution is -0.121. The van der Waals surface area contributed by atoms with E-state index in [1.165, 1.54) is 5.56 Å². The number of anilines is 1. The number of pyridine rings is 1. The lowest BCUT2D eigenvalue weighted by atomic mass is 10.0. The van der Waals surface area contributed by atoms with Crippen LogP contribution in [0.4, 0.5) is 5.69 Å². The lowest BCUT2D eigenvalue weighted by Crippen LogP contribution is -2.52. The third-order valence-corrected chi connectivity index (χ3v) is 5.76. The van der Waals surface area contributed by atoms with Crippen LogP contribution in [0.2, 0.25) is 0 Å². The second-order valence-corrected chi connectivity index (χ2v) is 7.74. The van der Waals surface area contributed by atoms with Crippen molar-refractivity contribution in [3.63, 3.8) is 0 Å². The molecule has 154 valence electrons. The van der Waals surface area contributed by atoms with Gasteiger partial charge in [-0.05, 0) is 36.2 Å². The van der Waals surface area contributed by atoms with Crippen molar-refractivity contribution >= 4 is 11.6 Å². The minimum Gasteiger partial charge on any atom is -0.324 e. The van der Waals surface area contributed by atoms with Crippen LogP contribution in [0.1, 0.15) is 12.5 Å². The molecule has 5 nitrogen and oxygen atoms in total. The van der Waals surface area contributed by atoms with Crippen LogP contribution in [0.25, 0.3) is 11.1 Å². The topological polar surface area (TPSA) is 48.5 Å². The van der Waals surface area contributed by atoms with Gasteiger partial charge in [-0.15, -0.1) is 0 Å². The van der Waals surface area contributed by atoms with Gasteiger partial charge in [0.1, 0.15) is 0 Å². The largest absolute Gasteiger partial charge is 0.324 e. The number of rotatable bonds is 6. The Hall–Kier alpha value is -3.02. The van der Waals surface area contributed by atoms with Gasteiger partial charge in [0, 0.05) is 56.4 Å². The van der Waals surface area contributed by atoms with Crippen molar-refractivity contribution in [1.29, 1.82) is 0 Å². The molecule has 2 aromatic carbocycles. The smallest absolute Gasteiger partial charge is 0.241 e. The molecule has 1 fully saturated rings. The van der Waals surface area contributed by atoms with Gasteiger partial charge in [-0.2, -0.15) is 0 Å². The Kier molecular flexibility index (Phi) is 6.52. The van der Waals surface area contributed by atoms with E-state index < -0.39 is 0 Å². The van der Waals surface area contributed by atoms with Crippen molar-refractivity contribution < 1.29 is 4.79 Å². The van der Waals surface area contributed by atoms with Gasteiger partial charge in [-0.1, -0.05) is 48.5 Å². The summed E-state index contributed by atoms with van der Waals surface area (Å²) in [7, 11) is 0. The number of nitrogens with one attached hydrogen (secondary N) is 1. The Balaban J connectivity index is 1.35. The number of hydrogen-bond acceptors (Lipinski definition) is 4. The van der Waals surface area contributed by atoms with Crippen LogP contribution in [0, 0.1) is 0 Å². The second-order valence-electron chi connectivity index (χ2n) is 7.74. The quantitative estimate of drug-likeness (QED) is 0.682. The molecule has 0 spiro atoms.